The highest BCUT2D eigenvalue weighted by Gasteiger charge is 2.23. The summed E-state index contributed by atoms with van der Waals surface area (Å²) in [7, 11) is 0. The van der Waals surface area contributed by atoms with Crippen molar-refractivity contribution >= 4 is 17.3 Å². The Morgan fingerprint density at radius 2 is 2.62 bits per heavy atom. The van der Waals surface area contributed by atoms with E-state index in [-0.39, 0.29) is 11.7 Å². The van der Waals surface area contributed by atoms with Gasteiger partial charge in [-0.1, -0.05) is 0 Å². The summed E-state index contributed by atoms with van der Waals surface area (Å²) in [5.41, 5.74) is 0.598. The molecule has 0 spiro atoms. The lowest BCUT2D eigenvalue weighted by molar-refractivity contribution is 0.0458. The lowest BCUT2D eigenvalue weighted by Crippen LogP contribution is -2.25. The SMILES string of the molecule is O=C(c1ccsn1)C1CCCOC1. The Morgan fingerprint density at radius 1 is 1.69 bits per heavy atom. The van der Waals surface area contributed by atoms with Crippen LogP contribution in [0.5, 0.6) is 0 Å². The van der Waals surface area contributed by atoms with Gasteiger partial charge in [0, 0.05) is 17.9 Å². The van der Waals surface area contributed by atoms with Gasteiger partial charge in [0.1, 0.15) is 5.69 Å². The number of ketones is 1. The van der Waals surface area contributed by atoms with Crippen LogP contribution in [0.25, 0.3) is 0 Å². The molecule has 0 radical (unpaired) electrons. The van der Waals surface area contributed by atoms with Gasteiger partial charge < -0.3 is 4.74 Å². The van der Waals surface area contributed by atoms with Crippen LogP contribution < -0.4 is 0 Å². The van der Waals surface area contributed by atoms with E-state index < -0.39 is 0 Å². The summed E-state index contributed by atoms with van der Waals surface area (Å²) in [6.07, 6.45) is 1.93. The van der Waals surface area contributed by atoms with Crippen molar-refractivity contribution in [1.82, 2.24) is 4.37 Å². The van der Waals surface area contributed by atoms with E-state index in [9.17, 15) is 4.79 Å². The van der Waals surface area contributed by atoms with E-state index in [0.717, 1.165) is 19.4 Å². The minimum absolute atomic E-state index is 0.0378. The monoisotopic (exact) mass is 197 g/mol. The standard InChI is InChI=1S/C9H11NO2S/c11-9(8-3-5-13-10-8)7-2-1-4-12-6-7/h3,5,7H,1-2,4,6H2. The van der Waals surface area contributed by atoms with Gasteiger partial charge in [-0.05, 0) is 30.4 Å². The second-order valence-corrected chi connectivity index (χ2v) is 3.83. The van der Waals surface area contributed by atoms with Crippen molar-refractivity contribution in [1.29, 1.82) is 0 Å². The maximum absolute atomic E-state index is 11.7. The highest BCUT2D eigenvalue weighted by Crippen LogP contribution is 2.18. The van der Waals surface area contributed by atoms with Gasteiger partial charge in [-0.2, -0.15) is 4.37 Å². The molecule has 0 aliphatic carbocycles. The molecule has 0 bridgehead atoms. The number of rotatable bonds is 2. The third kappa shape index (κ3) is 1.95. The fourth-order valence-corrected chi connectivity index (χ4v) is 2.01. The molecule has 13 heavy (non-hydrogen) atoms. The number of hydrogen-bond acceptors (Lipinski definition) is 4. The summed E-state index contributed by atoms with van der Waals surface area (Å²) in [5, 5.41) is 1.83. The summed E-state index contributed by atoms with van der Waals surface area (Å²) in [6, 6.07) is 1.78. The second kappa shape index (κ2) is 3.98. The summed E-state index contributed by atoms with van der Waals surface area (Å²) in [6.45, 7) is 1.36. The zero-order valence-electron chi connectivity index (χ0n) is 7.23. The quantitative estimate of drug-likeness (QED) is 0.678. The zero-order chi connectivity index (χ0) is 9.10. The van der Waals surface area contributed by atoms with E-state index >= 15 is 0 Å². The van der Waals surface area contributed by atoms with E-state index in [1.807, 2.05) is 5.38 Å². The Hall–Kier alpha value is -0.740. The molecule has 0 saturated carbocycles. The number of hydrogen-bond donors (Lipinski definition) is 0. The van der Waals surface area contributed by atoms with Gasteiger partial charge >= 0.3 is 0 Å². The van der Waals surface area contributed by atoms with Gasteiger partial charge in [0.05, 0.1) is 6.61 Å². The van der Waals surface area contributed by atoms with Crippen LogP contribution in [0.15, 0.2) is 11.4 Å². The number of carbonyl (C=O) groups is 1. The molecule has 4 heteroatoms. The molecular weight excluding hydrogens is 186 g/mol. The molecule has 1 aromatic rings. The summed E-state index contributed by atoms with van der Waals surface area (Å²) < 4.78 is 9.28. The lowest BCUT2D eigenvalue weighted by atomic mass is 9.96. The van der Waals surface area contributed by atoms with E-state index in [1.54, 1.807) is 6.07 Å². The molecule has 1 aliphatic heterocycles. The van der Waals surface area contributed by atoms with Crippen LogP contribution in [0.1, 0.15) is 23.3 Å². The Bertz CT molecular complexity index is 278. The number of nitrogens with zero attached hydrogens (tertiary/aromatic N) is 1. The smallest absolute Gasteiger partial charge is 0.187 e. The van der Waals surface area contributed by atoms with Gasteiger partial charge in [0.15, 0.2) is 5.78 Å². The lowest BCUT2D eigenvalue weighted by Gasteiger charge is -2.19. The molecular formula is C9H11NO2S. The Labute approximate surface area is 80.9 Å². The summed E-state index contributed by atoms with van der Waals surface area (Å²) >= 11 is 1.32. The van der Waals surface area contributed by atoms with Gasteiger partial charge in [0.25, 0.3) is 0 Å². The van der Waals surface area contributed by atoms with Gasteiger partial charge in [0.2, 0.25) is 0 Å². The molecule has 1 unspecified atom stereocenters. The first-order chi connectivity index (χ1) is 6.38. The Balaban J connectivity index is 2.04. The van der Waals surface area contributed by atoms with Crippen LogP contribution in [-0.4, -0.2) is 23.4 Å². The van der Waals surface area contributed by atoms with Crippen LogP contribution in [0, 0.1) is 5.92 Å². The van der Waals surface area contributed by atoms with Crippen molar-refractivity contribution in [2.24, 2.45) is 5.92 Å². The highest BCUT2D eigenvalue weighted by molar-refractivity contribution is 7.03. The average molecular weight is 197 g/mol. The molecule has 1 aromatic heterocycles. The van der Waals surface area contributed by atoms with Gasteiger partial charge in [-0.25, -0.2) is 0 Å². The molecule has 0 amide bonds. The Kier molecular flexibility index (Phi) is 2.71. The molecule has 1 aliphatic rings. The maximum atomic E-state index is 11.7. The molecule has 2 heterocycles. The normalized spacial score (nSPS) is 22.9. The van der Waals surface area contributed by atoms with Gasteiger partial charge in [-0.3, -0.25) is 4.79 Å². The molecule has 1 atom stereocenters. The first-order valence-corrected chi connectivity index (χ1v) is 5.24. The molecule has 1 fully saturated rings. The molecule has 0 N–H and O–H groups in total. The first kappa shape index (κ1) is 8.84. The van der Waals surface area contributed by atoms with Crippen molar-refractivity contribution in [2.75, 3.05) is 13.2 Å². The van der Waals surface area contributed by atoms with Crippen molar-refractivity contribution in [2.45, 2.75) is 12.8 Å². The second-order valence-electron chi connectivity index (χ2n) is 3.16. The maximum Gasteiger partial charge on any atom is 0.187 e. The fourth-order valence-electron chi connectivity index (χ4n) is 1.50. The van der Waals surface area contributed by atoms with E-state index in [1.165, 1.54) is 11.5 Å². The van der Waals surface area contributed by atoms with Crippen molar-refractivity contribution < 1.29 is 9.53 Å². The molecule has 0 aromatic carbocycles. The predicted molar refractivity (Wildman–Crippen MR) is 50.0 cm³/mol. The van der Waals surface area contributed by atoms with Crippen molar-refractivity contribution in [3.05, 3.63) is 17.1 Å². The van der Waals surface area contributed by atoms with Gasteiger partial charge in [-0.15, -0.1) is 0 Å². The van der Waals surface area contributed by atoms with Crippen LogP contribution in [-0.2, 0) is 4.74 Å². The minimum atomic E-state index is 0.0378. The molecule has 3 nitrogen and oxygen atoms in total. The number of Topliss-reactive ketones (excluding diaryl/α,β-unsaturated/α-hetero) is 1. The van der Waals surface area contributed by atoms with Crippen LogP contribution >= 0.6 is 11.5 Å². The van der Waals surface area contributed by atoms with E-state index in [2.05, 4.69) is 4.37 Å². The average Bonchev–Trinajstić information content (AvgIpc) is 2.71. The summed E-state index contributed by atoms with van der Waals surface area (Å²) in [5.74, 6) is 0.178. The number of aromatic nitrogens is 1. The Morgan fingerprint density at radius 3 is 3.23 bits per heavy atom. The largest absolute Gasteiger partial charge is 0.381 e. The molecule has 2 rings (SSSR count). The summed E-state index contributed by atoms with van der Waals surface area (Å²) in [4.78, 5) is 11.7. The van der Waals surface area contributed by atoms with Crippen molar-refractivity contribution in [3.8, 4) is 0 Å². The van der Waals surface area contributed by atoms with Crippen LogP contribution in [0.4, 0.5) is 0 Å². The third-order valence-corrected chi connectivity index (χ3v) is 2.78. The zero-order valence-corrected chi connectivity index (χ0v) is 8.05. The van der Waals surface area contributed by atoms with E-state index in [0.29, 0.717) is 12.3 Å². The topological polar surface area (TPSA) is 39.2 Å². The number of ether oxygens (including phenoxy) is 1. The predicted octanol–water partition coefficient (Wildman–Crippen LogP) is 1.75. The molecule has 1 saturated heterocycles. The highest BCUT2D eigenvalue weighted by atomic mass is 32.1. The van der Waals surface area contributed by atoms with Crippen LogP contribution in [0.3, 0.4) is 0 Å². The first-order valence-electron chi connectivity index (χ1n) is 4.40. The number of carbonyl (C=O) groups excluding carboxylic acids is 1. The fraction of sp³-hybridized carbons (Fsp3) is 0.556. The van der Waals surface area contributed by atoms with Crippen molar-refractivity contribution in [3.63, 3.8) is 0 Å². The minimum Gasteiger partial charge on any atom is -0.381 e. The third-order valence-electron chi connectivity index (χ3n) is 2.22. The van der Waals surface area contributed by atoms with E-state index in [4.69, 9.17) is 4.74 Å². The van der Waals surface area contributed by atoms with Crippen LogP contribution in [0.2, 0.25) is 0 Å². The molecule has 70 valence electrons.